The van der Waals surface area contributed by atoms with Gasteiger partial charge in [-0.25, -0.2) is 9.79 Å². The summed E-state index contributed by atoms with van der Waals surface area (Å²) in [7, 11) is 4.72. The first-order valence-corrected chi connectivity index (χ1v) is 9.96. The topological polar surface area (TPSA) is 88.4 Å². The molecule has 0 aromatic heterocycles. The van der Waals surface area contributed by atoms with E-state index in [2.05, 4.69) is 20.9 Å². The van der Waals surface area contributed by atoms with E-state index in [1.807, 2.05) is 0 Å². The van der Waals surface area contributed by atoms with Gasteiger partial charge in [-0.3, -0.25) is 9.69 Å². The van der Waals surface area contributed by atoms with E-state index >= 15 is 0 Å². The van der Waals surface area contributed by atoms with Gasteiger partial charge in [0.2, 0.25) is 0 Å². The zero-order chi connectivity index (χ0) is 21.1. The standard InChI is InChI=1S/C20H17BrN2O5S/c1-23-18(24)17(9-12-8-15(27-2)16(28-3)10-14(12)21)29-20(23)22-13-6-4-5-11(7-13)19(25)26/h4-10H,1-3H3,(H,25,26)/b17-9-,22-20?. The Morgan fingerprint density at radius 3 is 2.55 bits per heavy atom. The van der Waals surface area contributed by atoms with Gasteiger partial charge in [0.15, 0.2) is 16.7 Å². The Kier molecular flexibility index (Phi) is 6.29. The molecule has 2 aromatic carbocycles. The lowest BCUT2D eigenvalue weighted by Crippen LogP contribution is -2.23. The molecular weight excluding hydrogens is 460 g/mol. The first-order chi connectivity index (χ1) is 13.8. The molecule has 0 unspecified atom stereocenters. The van der Waals surface area contributed by atoms with Crippen LogP contribution < -0.4 is 9.47 Å². The molecular formula is C20H17BrN2O5S. The van der Waals surface area contributed by atoms with E-state index in [4.69, 9.17) is 14.6 Å². The third kappa shape index (κ3) is 4.46. The van der Waals surface area contributed by atoms with Gasteiger partial charge < -0.3 is 14.6 Å². The zero-order valence-electron chi connectivity index (χ0n) is 15.8. The first kappa shape index (κ1) is 20.9. The minimum Gasteiger partial charge on any atom is -0.493 e. The van der Waals surface area contributed by atoms with Crippen LogP contribution in [0.2, 0.25) is 0 Å². The van der Waals surface area contributed by atoms with Crippen molar-refractivity contribution in [2.45, 2.75) is 0 Å². The smallest absolute Gasteiger partial charge is 0.335 e. The van der Waals surface area contributed by atoms with Crippen molar-refractivity contribution in [3.63, 3.8) is 0 Å². The highest BCUT2D eigenvalue weighted by atomic mass is 79.9. The fourth-order valence-electron chi connectivity index (χ4n) is 2.59. The molecule has 2 aromatic rings. The number of nitrogens with zero attached hydrogens (tertiary/aromatic N) is 2. The van der Waals surface area contributed by atoms with Crippen LogP contribution in [0.5, 0.6) is 11.5 Å². The maximum Gasteiger partial charge on any atom is 0.335 e. The Bertz CT molecular complexity index is 1050. The van der Waals surface area contributed by atoms with Gasteiger partial charge in [0, 0.05) is 11.5 Å². The van der Waals surface area contributed by atoms with Crippen molar-refractivity contribution in [1.82, 2.24) is 4.90 Å². The number of carboxylic acid groups (broad SMARTS) is 1. The van der Waals surface area contributed by atoms with Gasteiger partial charge in [0.05, 0.1) is 30.4 Å². The summed E-state index contributed by atoms with van der Waals surface area (Å²) in [5, 5.41) is 9.58. The van der Waals surface area contributed by atoms with E-state index in [1.54, 1.807) is 51.6 Å². The zero-order valence-corrected chi connectivity index (χ0v) is 18.2. The second kappa shape index (κ2) is 8.71. The number of amidine groups is 1. The Labute approximate surface area is 180 Å². The molecule has 1 amide bonds. The number of rotatable bonds is 5. The monoisotopic (exact) mass is 476 g/mol. The third-order valence-electron chi connectivity index (χ3n) is 4.11. The van der Waals surface area contributed by atoms with Gasteiger partial charge in [-0.15, -0.1) is 0 Å². The van der Waals surface area contributed by atoms with Gasteiger partial charge in [-0.05, 0) is 53.7 Å². The SMILES string of the molecule is COc1cc(Br)c(/C=C2\SC(=Nc3cccc(C(=O)O)c3)N(C)C2=O)cc1OC. The van der Waals surface area contributed by atoms with E-state index in [-0.39, 0.29) is 11.5 Å². The molecule has 1 heterocycles. The third-order valence-corrected chi connectivity index (χ3v) is 5.86. The van der Waals surface area contributed by atoms with Crippen LogP contribution in [0, 0.1) is 0 Å². The number of hydrogen-bond acceptors (Lipinski definition) is 6. The number of carboxylic acids is 1. The van der Waals surface area contributed by atoms with Crippen molar-refractivity contribution in [2.75, 3.05) is 21.3 Å². The lowest BCUT2D eigenvalue weighted by molar-refractivity contribution is -0.121. The summed E-state index contributed by atoms with van der Waals surface area (Å²) in [5.74, 6) is -0.116. The number of carbonyl (C=O) groups excluding carboxylic acids is 1. The molecule has 1 aliphatic heterocycles. The highest BCUT2D eigenvalue weighted by Gasteiger charge is 2.30. The molecule has 0 saturated carbocycles. The van der Waals surface area contributed by atoms with Gasteiger partial charge in [0.1, 0.15) is 0 Å². The van der Waals surface area contributed by atoms with Gasteiger partial charge in [0.25, 0.3) is 5.91 Å². The van der Waals surface area contributed by atoms with E-state index in [1.165, 1.54) is 28.8 Å². The van der Waals surface area contributed by atoms with Crippen molar-refractivity contribution in [1.29, 1.82) is 0 Å². The molecule has 0 spiro atoms. The average Bonchev–Trinajstić information content (AvgIpc) is 2.97. The van der Waals surface area contributed by atoms with E-state index in [0.717, 1.165) is 10.0 Å². The molecule has 1 aliphatic rings. The number of hydrogen-bond donors (Lipinski definition) is 1. The van der Waals surface area contributed by atoms with Gasteiger partial charge in [-0.2, -0.15) is 0 Å². The molecule has 0 atom stereocenters. The van der Waals surface area contributed by atoms with Crippen LogP contribution >= 0.6 is 27.7 Å². The number of thioether (sulfide) groups is 1. The van der Waals surface area contributed by atoms with Gasteiger partial charge >= 0.3 is 5.97 Å². The predicted octanol–water partition coefficient (Wildman–Crippen LogP) is 4.40. The van der Waals surface area contributed by atoms with Crippen molar-refractivity contribution in [2.24, 2.45) is 4.99 Å². The van der Waals surface area contributed by atoms with Crippen LogP contribution in [0.15, 0.2) is 50.8 Å². The second-order valence-electron chi connectivity index (χ2n) is 5.95. The van der Waals surface area contributed by atoms with Crippen molar-refractivity contribution in [3.05, 3.63) is 56.9 Å². The number of aromatic carboxylic acids is 1. The summed E-state index contributed by atoms with van der Waals surface area (Å²) < 4.78 is 11.3. The average molecular weight is 477 g/mol. The lowest BCUT2D eigenvalue weighted by atomic mass is 10.2. The molecule has 1 N–H and O–H groups in total. The number of likely N-dealkylation sites (N-methyl/N-ethyl adjacent to an activating group) is 1. The van der Waals surface area contributed by atoms with E-state index in [0.29, 0.717) is 27.3 Å². The number of methoxy groups -OCH3 is 2. The van der Waals surface area contributed by atoms with Crippen molar-refractivity contribution >= 4 is 56.5 Å². The quantitative estimate of drug-likeness (QED) is 0.643. The molecule has 0 radical (unpaired) electrons. The summed E-state index contributed by atoms with van der Waals surface area (Å²) in [6, 6.07) is 9.79. The Morgan fingerprint density at radius 2 is 1.90 bits per heavy atom. The minimum atomic E-state index is -1.03. The van der Waals surface area contributed by atoms with Gasteiger partial charge in [-0.1, -0.05) is 22.0 Å². The highest BCUT2D eigenvalue weighted by molar-refractivity contribution is 9.10. The van der Waals surface area contributed by atoms with Crippen LogP contribution in [0.3, 0.4) is 0 Å². The van der Waals surface area contributed by atoms with Crippen LogP contribution in [0.25, 0.3) is 6.08 Å². The fraction of sp³-hybridized carbons (Fsp3) is 0.150. The molecule has 0 bridgehead atoms. The summed E-state index contributed by atoms with van der Waals surface area (Å²) in [6.07, 6.45) is 1.74. The molecule has 1 fully saturated rings. The number of ether oxygens (including phenoxy) is 2. The molecule has 7 nitrogen and oxygen atoms in total. The van der Waals surface area contributed by atoms with Crippen LogP contribution in [0.1, 0.15) is 15.9 Å². The minimum absolute atomic E-state index is 0.133. The predicted molar refractivity (Wildman–Crippen MR) is 116 cm³/mol. The Morgan fingerprint density at radius 1 is 1.21 bits per heavy atom. The van der Waals surface area contributed by atoms with Crippen molar-refractivity contribution < 1.29 is 24.2 Å². The van der Waals surface area contributed by atoms with Crippen LogP contribution in [0.4, 0.5) is 5.69 Å². The highest BCUT2D eigenvalue weighted by Crippen LogP contribution is 2.38. The number of halogens is 1. The largest absolute Gasteiger partial charge is 0.493 e. The Hall–Kier alpha value is -2.78. The fourth-order valence-corrected chi connectivity index (χ4v) is 4.01. The van der Waals surface area contributed by atoms with Crippen LogP contribution in [-0.2, 0) is 4.79 Å². The summed E-state index contributed by atoms with van der Waals surface area (Å²) in [6.45, 7) is 0. The Balaban J connectivity index is 1.95. The number of amides is 1. The molecule has 9 heteroatoms. The normalized spacial score (nSPS) is 16.6. The number of carbonyl (C=O) groups is 2. The molecule has 150 valence electrons. The molecule has 3 rings (SSSR count). The molecule has 1 saturated heterocycles. The molecule has 29 heavy (non-hydrogen) atoms. The summed E-state index contributed by atoms with van der Waals surface area (Å²) in [4.78, 5) is 30.1. The van der Waals surface area contributed by atoms with E-state index < -0.39 is 5.97 Å². The summed E-state index contributed by atoms with van der Waals surface area (Å²) >= 11 is 4.69. The van der Waals surface area contributed by atoms with Crippen molar-refractivity contribution in [3.8, 4) is 11.5 Å². The maximum atomic E-state index is 12.7. The van der Waals surface area contributed by atoms with E-state index in [9.17, 15) is 9.59 Å². The number of aliphatic imine (C=N–C) groups is 1. The second-order valence-corrected chi connectivity index (χ2v) is 7.82. The lowest BCUT2D eigenvalue weighted by Gasteiger charge is -2.10. The molecule has 0 aliphatic carbocycles. The van der Waals surface area contributed by atoms with Crippen LogP contribution in [-0.4, -0.2) is 48.3 Å². The first-order valence-electron chi connectivity index (χ1n) is 8.35. The maximum absolute atomic E-state index is 12.7. The number of benzene rings is 2. The summed E-state index contributed by atoms with van der Waals surface area (Å²) in [5.41, 5.74) is 1.34.